The number of imidazole rings is 1. The van der Waals surface area contributed by atoms with Gasteiger partial charge in [0.05, 0.1) is 11.0 Å². The zero-order valence-corrected chi connectivity index (χ0v) is 19.8. The van der Waals surface area contributed by atoms with Gasteiger partial charge >= 0.3 is 0 Å². The molecule has 3 nitrogen and oxygen atoms in total. The van der Waals surface area contributed by atoms with E-state index in [0.717, 1.165) is 11.2 Å². The molecule has 0 radical (unpaired) electrons. The van der Waals surface area contributed by atoms with Gasteiger partial charge < -0.3 is 4.42 Å². The summed E-state index contributed by atoms with van der Waals surface area (Å²) in [4.78, 5) is 0. The van der Waals surface area contributed by atoms with Gasteiger partial charge in [-0.15, -0.1) is 0 Å². The molecule has 0 bridgehead atoms. The van der Waals surface area contributed by atoms with Gasteiger partial charge in [0.1, 0.15) is 16.7 Å². The Hall–Kier alpha value is -4.18. The third-order valence-electron chi connectivity index (χ3n) is 8.27. The number of hydrogen-bond acceptors (Lipinski definition) is 1. The zero-order chi connectivity index (χ0) is 23.2. The third kappa shape index (κ3) is 1.91. The van der Waals surface area contributed by atoms with Crippen LogP contribution in [0.15, 0.2) is 77.2 Å². The van der Waals surface area contributed by atoms with Gasteiger partial charge in [0, 0.05) is 16.5 Å². The van der Waals surface area contributed by atoms with Gasteiger partial charge in [0.15, 0.2) is 5.58 Å². The van der Waals surface area contributed by atoms with Crippen molar-refractivity contribution >= 4 is 61.9 Å². The van der Waals surface area contributed by atoms with E-state index >= 15 is 0 Å². The summed E-state index contributed by atoms with van der Waals surface area (Å²) in [5.74, 6) is 0. The number of nitrogens with zero attached hydrogens (tertiary/aromatic N) is 2. The number of hydrogen-bond donors (Lipinski definition) is 0. The number of aromatic nitrogens is 2. The number of benzene rings is 4. The number of para-hydroxylation sites is 1. The fourth-order valence-electron chi connectivity index (χ4n) is 7.16. The lowest BCUT2D eigenvalue weighted by Crippen LogP contribution is -2.53. The Balaban J connectivity index is 1.65. The number of aryl methyl sites for hydroxylation is 3. The summed E-state index contributed by atoms with van der Waals surface area (Å²) in [5.41, 5.74) is 19.0. The Morgan fingerprint density at radius 2 is 1.54 bits per heavy atom. The first-order chi connectivity index (χ1) is 17.1. The van der Waals surface area contributed by atoms with Crippen molar-refractivity contribution in [2.45, 2.75) is 20.8 Å². The molecule has 9 rings (SSSR count). The van der Waals surface area contributed by atoms with Crippen molar-refractivity contribution in [2.75, 3.05) is 0 Å². The second-order valence-corrected chi connectivity index (χ2v) is 10.4. The number of rotatable bonds is 0. The molecule has 0 atom stereocenters. The third-order valence-corrected chi connectivity index (χ3v) is 8.27. The van der Waals surface area contributed by atoms with Crippen LogP contribution in [0.25, 0.3) is 55.6 Å². The smallest absolute Gasteiger partial charge is 0.255 e. The maximum absolute atomic E-state index is 6.69. The lowest BCUT2D eigenvalue weighted by Gasteiger charge is -2.23. The molecule has 0 N–H and O–H groups in total. The molecule has 0 fully saturated rings. The maximum atomic E-state index is 6.69. The Labute approximate surface area is 202 Å². The highest BCUT2D eigenvalue weighted by Crippen LogP contribution is 2.41. The lowest BCUT2D eigenvalue weighted by atomic mass is 9.38. The van der Waals surface area contributed by atoms with E-state index in [2.05, 4.69) is 103 Å². The monoisotopic (exact) mass is 448 g/mol. The summed E-state index contributed by atoms with van der Waals surface area (Å²) in [6.45, 7) is 6.84. The van der Waals surface area contributed by atoms with Crippen molar-refractivity contribution < 1.29 is 4.42 Å². The minimum absolute atomic E-state index is 0.170. The van der Waals surface area contributed by atoms with Crippen LogP contribution >= 0.6 is 0 Å². The molecule has 4 aromatic carbocycles. The summed E-state index contributed by atoms with van der Waals surface area (Å²) in [6.07, 6.45) is 0. The summed E-state index contributed by atoms with van der Waals surface area (Å²) in [7, 11) is 0. The van der Waals surface area contributed by atoms with Gasteiger partial charge in [-0.2, -0.15) is 0 Å². The first kappa shape index (κ1) is 18.2. The fraction of sp³-hybridized carbons (Fsp3) is 0.0968. The van der Waals surface area contributed by atoms with Crippen LogP contribution in [0.3, 0.4) is 0 Å². The van der Waals surface area contributed by atoms with Gasteiger partial charge in [0.2, 0.25) is 0 Å². The average molecular weight is 448 g/mol. The Bertz CT molecular complexity index is 2100. The topological polar surface area (TPSA) is 22.5 Å². The highest BCUT2D eigenvalue weighted by molar-refractivity contribution is 7.02. The van der Waals surface area contributed by atoms with Crippen molar-refractivity contribution in [1.82, 2.24) is 8.97 Å². The predicted octanol–water partition coefficient (Wildman–Crippen LogP) is 5.52. The van der Waals surface area contributed by atoms with Crippen molar-refractivity contribution in [3.05, 3.63) is 89.5 Å². The minimum Gasteiger partial charge on any atom is -0.455 e. The van der Waals surface area contributed by atoms with Crippen molar-refractivity contribution in [3.63, 3.8) is 0 Å². The van der Waals surface area contributed by atoms with Crippen LogP contribution in [-0.4, -0.2) is 15.7 Å². The fourth-order valence-corrected chi connectivity index (χ4v) is 7.16. The molecule has 164 valence electrons. The molecule has 4 heteroatoms. The second kappa shape index (κ2) is 5.72. The van der Waals surface area contributed by atoms with E-state index in [1.165, 1.54) is 77.5 Å². The van der Waals surface area contributed by atoms with E-state index < -0.39 is 0 Å². The Morgan fingerprint density at radius 1 is 0.743 bits per heavy atom. The maximum Gasteiger partial charge on any atom is 0.255 e. The molecule has 0 saturated heterocycles. The molecule has 35 heavy (non-hydrogen) atoms. The first-order valence-corrected chi connectivity index (χ1v) is 12.3. The molecule has 0 spiro atoms. The summed E-state index contributed by atoms with van der Waals surface area (Å²) >= 11 is 0. The number of fused-ring (bicyclic) bond motifs is 13. The van der Waals surface area contributed by atoms with Crippen molar-refractivity contribution in [2.24, 2.45) is 0 Å². The highest BCUT2D eigenvalue weighted by Gasteiger charge is 2.44. The highest BCUT2D eigenvalue weighted by atomic mass is 16.3. The number of furan rings is 1. The first-order valence-electron chi connectivity index (χ1n) is 12.3. The summed E-state index contributed by atoms with van der Waals surface area (Å²) in [6, 6.07) is 26.8. The van der Waals surface area contributed by atoms with Crippen LogP contribution in [0.5, 0.6) is 0 Å². The van der Waals surface area contributed by atoms with E-state index in [9.17, 15) is 0 Å². The van der Waals surface area contributed by atoms with Crippen LogP contribution in [0, 0.1) is 20.8 Å². The summed E-state index contributed by atoms with van der Waals surface area (Å²) < 4.78 is 11.7. The Kier molecular flexibility index (Phi) is 2.97. The molecule has 2 aliphatic heterocycles. The molecule has 3 aromatic heterocycles. The van der Waals surface area contributed by atoms with E-state index in [4.69, 9.17) is 4.42 Å². The summed E-state index contributed by atoms with van der Waals surface area (Å²) in [5, 5.41) is 1.18. The zero-order valence-electron chi connectivity index (χ0n) is 19.8. The standard InChI is InChI=1S/C31H21BN2O/c1-16-12-18(3)28-24(15-16)34-29-20-9-5-7-11-25(20)35-30(29)27-31(34)33(28)23-14-17(2)13-21-19-8-4-6-10-22(19)32(27)26(21)23/h4-15H,1-3H3. The second-order valence-electron chi connectivity index (χ2n) is 10.4. The van der Waals surface area contributed by atoms with Crippen LogP contribution in [-0.2, 0) is 0 Å². The van der Waals surface area contributed by atoms with E-state index in [1.807, 2.05) is 0 Å². The minimum atomic E-state index is 0.170. The van der Waals surface area contributed by atoms with Crippen LogP contribution in [0.2, 0.25) is 0 Å². The molecule has 2 aliphatic rings. The normalized spacial score (nSPS) is 13.5. The van der Waals surface area contributed by atoms with Gasteiger partial charge in [-0.1, -0.05) is 54.0 Å². The van der Waals surface area contributed by atoms with Crippen LogP contribution in [0.4, 0.5) is 0 Å². The van der Waals surface area contributed by atoms with Gasteiger partial charge in [-0.3, -0.25) is 8.97 Å². The van der Waals surface area contributed by atoms with E-state index in [-0.39, 0.29) is 6.71 Å². The average Bonchev–Trinajstić information content (AvgIpc) is 3.55. The molecular formula is C31H21BN2O. The van der Waals surface area contributed by atoms with E-state index in [0.29, 0.717) is 0 Å². The van der Waals surface area contributed by atoms with Crippen molar-refractivity contribution in [1.29, 1.82) is 0 Å². The van der Waals surface area contributed by atoms with Gasteiger partial charge in [-0.05, 0) is 78.3 Å². The van der Waals surface area contributed by atoms with Crippen LogP contribution in [0.1, 0.15) is 16.7 Å². The van der Waals surface area contributed by atoms with Gasteiger partial charge in [0.25, 0.3) is 6.71 Å². The van der Waals surface area contributed by atoms with E-state index in [1.54, 1.807) is 0 Å². The SMILES string of the molecule is Cc1cc2c3c(c1)-n1c4c(C)cc(C)cc4n4c5c(oc6ccccc65)c(c14)B3c1ccccc1-2. The molecule has 0 aliphatic carbocycles. The molecule has 0 amide bonds. The van der Waals surface area contributed by atoms with Crippen molar-refractivity contribution in [3.8, 4) is 16.8 Å². The van der Waals surface area contributed by atoms with Crippen LogP contribution < -0.4 is 16.4 Å². The molecule has 7 aromatic rings. The molecular weight excluding hydrogens is 427 g/mol. The molecule has 0 unspecified atom stereocenters. The largest absolute Gasteiger partial charge is 0.455 e. The lowest BCUT2D eigenvalue weighted by molar-refractivity contribution is 0.672. The predicted molar refractivity (Wildman–Crippen MR) is 146 cm³/mol. The van der Waals surface area contributed by atoms with Gasteiger partial charge in [-0.25, -0.2) is 0 Å². The quantitative estimate of drug-likeness (QED) is 0.280. The molecule has 5 heterocycles. The molecule has 0 saturated carbocycles. The Morgan fingerprint density at radius 3 is 2.46 bits per heavy atom.